The summed E-state index contributed by atoms with van der Waals surface area (Å²) in [4.78, 5) is 8.87. The summed E-state index contributed by atoms with van der Waals surface area (Å²) in [6.45, 7) is 0.788. The van der Waals surface area contributed by atoms with Crippen molar-refractivity contribution in [2.75, 3.05) is 19.0 Å². The van der Waals surface area contributed by atoms with Crippen LogP contribution < -0.4 is 10.1 Å². The molecule has 2 heterocycles. The summed E-state index contributed by atoms with van der Waals surface area (Å²) in [6.07, 6.45) is 3.19. The number of hydrogen-bond acceptors (Lipinski definition) is 5. The molecule has 0 amide bonds. The summed E-state index contributed by atoms with van der Waals surface area (Å²) >= 11 is 0. The fourth-order valence-electron chi connectivity index (χ4n) is 3.01. The molecule has 4 aromatic rings. The zero-order valence-electron chi connectivity index (χ0n) is 15.2. The highest BCUT2D eigenvalue weighted by molar-refractivity contribution is 5.46. The molecule has 0 saturated heterocycles. The lowest BCUT2D eigenvalue weighted by atomic mass is 10.1. The fourth-order valence-corrected chi connectivity index (χ4v) is 3.01. The first-order chi connectivity index (χ1) is 13.3. The zero-order chi connectivity index (χ0) is 18.5. The van der Waals surface area contributed by atoms with Crippen LogP contribution >= 0.6 is 0 Å². The van der Waals surface area contributed by atoms with Gasteiger partial charge in [0.1, 0.15) is 17.9 Å². The molecule has 1 N–H and O–H groups in total. The minimum Gasteiger partial charge on any atom is -0.497 e. The Bertz CT molecular complexity index is 1010. The van der Waals surface area contributed by atoms with Gasteiger partial charge in [0.25, 0.3) is 5.78 Å². The minimum atomic E-state index is 0.607. The van der Waals surface area contributed by atoms with E-state index in [1.807, 2.05) is 36.4 Å². The molecule has 2 aromatic carbocycles. The maximum absolute atomic E-state index is 5.20. The van der Waals surface area contributed by atoms with Gasteiger partial charge in [0.15, 0.2) is 0 Å². The van der Waals surface area contributed by atoms with E-state index in [9.17, 15) is 0 Å². The lowest BCUT2D eigenvalue weighted by Gasteiger charge is -2.10. The predicted molar refractivity (Wildman–Crippen MR) is 105 cm³/mol. The van der Waals surface area contributed by atoms with E-state index in [0.717, 1.165) is 36.6 Å². The molecule has 0 atom stereocenters. The lowest BCUT2D eigenvalue weighted by Crippen LogP contribution is -2.11. The highest BCUT2D eigenvalue weighted by Gasteiger charge is 2.08. The van der Waals surface area contributed by atoms with Crippen LogP contribution in [-0.2, 0) is 12.8 Å². The molecule has 0 unspecified atom stereocenters. The molecule has 27 heavy (non-hydrogen) atoms. The van der Waals surface area contributed by atoms with Crippen LogP contribution in [0.15, 0.2) is 67.0 Å². The van der Waals surface area contributed by atoms with E-state index in [-0.39, 0.29) is 0 Å². The average Bonchev–Trinajstić information content (AvgIpc) is 3.18. The van der Waals surface area contributed by atoms with Crippen LogP contribution in [0.4, 0.5) is 5.82 Å². The second-order valence-corrected chi connectivity index (χ2v) is 6.29. The highest BCUT2D eigenvalue weighted by Crippen LogP contribution is 2.15. The maximum atomic E-state index is 5.20. The normalized spacial score (nSPS) is 10.9. The Morgan fingerprint density at radius 1 is 1.00 bits per heavy atom. The number of anilines is 1. The topological polar surface area (TPSA) is 64.3 Å². The van der Waals surface area contributed by atoms with Crippen LogP contribution in [0.1, 0.15) is 16.8 Å². The third-order valence-corrected chi connectivity index (χ3v) is 4.41. The molecule has 0 saturated carbocycles. The SMILES string of the molecule is COc1ccc(CCNc2cc(Cc3ccccc3)nc3ncnn23)cc1. The smallest absolute Gasteiger partial charge is 0.254 e. The predicted octanol–water partition coefficient (Wildman–Crippen LogP) is 3.38. The quantitative estimate of drug-likeness (QED) is 0.548. The van der Waals surface area contributed by atoms with Crippen LogP contribution in [0.2, 0.25) is 0 Å². The van der Waals surface area contributed by atoms with Crippen molar-refractivity contribution in [2.45, 2.75) is 12.8 Å². The number of nitrogens with one attached hydrogen (secondary N) is 1. The standard InChI is InChI=1S/C21H21N5O/c1-27-19-9-7-16(8-10-19)11-12-22-20-14-18(13-17-5-3-2-4-6-17)25-21-23-15-24-26(20)21/h2-10,14-15,22H,11-13H2,1H3. The third-order valence-electron chi connectivity index (χ3n) is 4.41. The van der Waals surface area contributed by atoms with Crippen molar-refractivity contribution < 1.29 is 4.74 Å². The van der Waals surface area contributed by atoms with Crippen LogP contribution in [-0.4, -0.2) is 33.2 Å². The van der Waals surface area contributed by atoms with Crippen LogP contribution in [0, 0.1) is 0 Å². The van der Waals surface area contributed by atoms with Gasteiger partial charge in [0.05, 0.1) is 12.8 Å². The molecule has 0 fully saturated rings. The van der Waals surface area contributed by atoms with Gasteiger partial charge in [-0.2, -0.15) is 14.6 Å². The number of nitrogens with zero attached hydrogens (tertiary/aromatic N) is 4. The van der Waals surface area contributed by atoms with Crippen molar-refractivity contribution in [3.05, 3.63) is 83.8 Å². The van der Waals surface area contributed by atoms with Crippen molar-refractivity contribution in [1.29, 1.82) is 0 Å². The van der Waals surface area contributed by atoms with Crippen LogP contribution in [0.3, 0.4) is 0 Å². The number of hydrogen-bond donors (Lipinski definition) is 1. The van der Waals surface area contributed by atoms with Crippen LogP contribution in [0.5, 0.6) is 5.75 Å². The first-order valence-electron chi connectivity index (χ1n) is 8.92. The van der Waals surface area contributed by atoms with Gasteiger partial charge in [-0.3, -0.25) is 0 Å². The Morgan fingerprint density at radius 3 is 2.59 bits per heavy atom. The summed E-state index contributed by atoms with van der Waals surface area (Å²) in [5.41, 5.74) is 3.43. The molecule has 136 valence electrons. The molecule has 6 heteroatoms. The number of rotatable bonds is 7. The van der Waals surface area contributed by atoms with Crippen molar-refractivity contribution in [3.63, 3.8) is 0 Å². The number of aromatic nitrogens is 4. The molecular weight excluding hydrogens is 338 g/mol. The molecule has 0 aliphatic carbocycles. The van der Waals surface area contributed by atoms with Crippen LogP contribution in [0.25, 0.3) is 5.78 Å². The summed E-state index contributed by atoms with van der Waals surface area (Å²) in [6, 6.07) is 20.5. The summed E-state index contributed by atoms with van der Waals surface area (Å²) in [7, 11) is 1.68. The van der Waals surface area contributed by atoms with Crippen molar-refractivity contribution in [2.24, 2.45) is 0 Å². The number of benzene rings is 2. The van der Waals surface area contributed by atoms with E-state index < -0.39 is 0 Å². The largest absolute Gasteiger partial charge is 0.497 e. The van der Waals surface area contributed by atoms with E-state index >= 15 is 0 Å². The van der Waals surface area contributed by atoms with Gasteiger partial charge >= 0.3 is 0 Å². The molecule has 6 nitrogen and oxygen atoms in total. The second-order valence-electron chi connectivity index (χ2n) is 6.29. The van der Waals surface area contributed by atoms with Crippen molar-refractivity contribution >= 4 is 11.6 Å². The summed E-state index contributed by atoms with van der Waals surface area (Å²) in [5.74, 6) is 2.38. The average molecular weight is 359 g/mol. The highest BCUT2D eigenvalue weighted by atomic mass is 16.5. The lowest BCUT2D eigenvalue weighted by molar-refractivity contribution is 0.414. The summed E-state index contributed by atoms with van der Waals surface area (Å²) < 4.78 is 6.94. The molecule has 4 rings (SSSR count). The summed E-state index contributed by atoms with van der Waals surface area (Å²) in [5, 5.41) is 7.75. The number of fused-ring (bicyclic) bond motifs is 1. The maximum Gasteiger partial charge on any atom is 0.254 e. The Morgan fingerprint density at radius 2 is 1.81 bits per heavy atom. The fraction of sp³-hybridized carbons (Fsp3) is 0.190. The van der Waals surface area contributed by atoms with Gasteiger partial charge in [-0.25, -0.2) is 4.98 Å². The van der Waals surface area contributed by atoms with E-state index in [2.05, 4.69) is 44.6 Å². The molecule has 2 aromatic heterocycles. The Balaban J connectivity index is 1.49. The monoisotopic (exact) mass is 359 g/mol. The van der Waals surface area contributed by atoms with Gasteiger partial charge in [-0.05, 0) is 29.7 Å². The van der Waals surface area contributed by atoms with E-state index in [1.165, 1.54) is 17.5 Å². The molecule has 0 aliphatic rings. The zero-order valence-corrected chi connectivity index (χ0v) is 15.2. The third kappa shape index (κ3) is 4.06. The van der Waals surface area contributed by atoms with Crippen molar-refractivity contribution in [3.8, 4) is 5.75 Å². The van der Waals surface area contributed by atoms with Gasteiger partial charge in [-0.1, -0.05) is 42.5 Å². The van der Waals surface area contributed by atoms with Crippen molar-refractivity contribution in [1.82, 2.24) is 19.6 Å². The minimum absolute atomic E-state index is 0.607. The molecular formula is C21H21N5O. The molecule has 0 spiro atoms. The van der Waals surface area contributed by atoms with Gasteiger partial charge in [0, 0.05) is 19.0 Å². The number of ether oxygens (including phenoxy) is 1. The Labute approximate surface area is 157 Å². The van der Waals surface area contributed by atoms with Gasteiger partial charge in [-0.15, -0.1) is 0 Å². The molecule has 0 aliphatic heterocycles. The number of methoxy groups -OCH3 is 1. The first kappa shape index (κ1) is 17.0. The molecule has 0 radical (unpaired) electrons. The van der Waals surface area contributed by atoms with E-state index in [0.29, 0.717) is 5.78 Å². The van der Waals surface area contributed by atoms with E-state index in [1.54, 1.807) is 11.6 Å². The Hall–Kier alpha value is -3.41. The van der Waals surface area contributed by atoms with E-state index in [4.69, 9.17) is 4.74 Å². The molecule has 0 bridgehead atoms. The van der Waals surface area contributed by atoms with Gasteiger partial charge < -0.3 is 10.1 Å². The first-order valence-corrected chi connectivity index (χ1v) is 8.92. The van der Waals surface area contributed by atoms with Gasteiger partial charge in [0.2, 0.25) is 0 Å². The second kappa shape index (κ2) is 7.86. The Kier molecular flexibility index (Phi) is 4.96.